The zero-order chi connectivity index (χ0) is 14.8. The molecule has 2 N–H and O–H groups in total. The fraction of sp³-hybridized carbons (Fsp3) is 0.500. The van der Waals surface area contributed by atoms with E-state index in [1.165, 1.54) is 12.1 Å². The average molecular weight is 346 g/mol. The molecule has 1 aromatic carbocycles. The number of guanidine groups is 1. The van der Waals surface area contributed by atoms with Crippen molar-refractivity contribution < 1.29 is 9.13 Å². The molecule has 0 unspecified atom stereocenters. The van der Waals surface area contributed by atoms with Gasteiger partial charge in [-0.1, -0.05) is 15.9 Å². The van der Waals surface area contributed by atoms with Crippen LogP contribution in [-0.4, -0.2) is 32.8 Å². The molecule has 0 bridgehead atoms. The van der Waals surface area contributed by atoms with Crippen LogP contribution in [-0.2, 0) is 11.3 Å². The lowest BCUT2D eigenvalue weighted by Gasteiger charge is -2.11. The van der Waals surface area contributed by atoms with Crippen LogP contribution in [0.2, 0.25) is 0 Å². The van der Waals surface area contributed by atoms with Crippen molar-refractivity contribution in [3.63, 3.8) is 0 Å². The molecule has 0 radical (unpaired) electrons. The predicted octanol–water partition coefficient (Wildman–Crippen LogP) is 2.68. The summed E-state index contributed by atoms with van der Waals surface area (Å²) in [7, 11) is 1.68. The van der Waals surface area contributed by atoms with Gasteiger partial charge in [-0.15, -0.1) is 0 Å². The number of methoxy groups -OCH3 is 1. The predicted molar refractivity (Wildman–Crippen MR) is 83.4 cm³/mol. The molecule has 0 fully saturated rings. The highest BCUT2D eigenvalue weighted by atomic mass is 79.9. The van der Waals surface area contributed by atoms with Crippen LogP contribution >= 0.6 is 15.9 Å². The molecule has 0 spiro atoms. The highest BCUT2D eigenvalue weighted by Crippen LogP contribution is 2.18. The molecule has 6 heteroatoms. The molecule has 0 atom stereocenters. The molecule has 0 saturated heterocycles. The van der Waals surface area contributed by atoms with Gasteiger partial charge in [0.25, 0.3) is 0 Å². The molecule has 4 nitrogen and oxygen atoms in total. The van der Waals surface area contributed by atoms with E-state index in [0.717, 1.165) is 35.5 Å². The molecular formula is C14H21BrFN3O. The Kier molecular flexibility index (Phi) is 8.22. The van der Waals surface area contributed by atoms with E-state index in [9.17, 15) is 4.39 Å². The summed E-state index contributed by atoms with van der Waals surface area (Å²) < 4.78 is 19.0. The number of ether oxygens (including phenoxy) is 1. The maximum Gasteiger partial charge on any atom is 0.191 e. The molecule has 0 aliphatic carbocycles. The second-order valence-corrected chi connectivity index (χ2v) is 5.06. The van der Waals surface area contributed by atoms with E-state index >= 15 is 0 Å². The summed E-state index contributed by atoms with van der Waals surface area (Å²) in [6.45, 7) is 4.69. The molecule has 0 amide bonds. The van der Waals surface area contributed by atoms with E-state index < -0.39 is 0 Å². The van der Waals surface area contributed by atoms with Gasteiger partial charge in [0.1, 0.15) is 5.82 Å². The first kappa shape index (κ1) is 16.9. The lowest BCUT2D eigenvalue weighted by atomic mass is 10.2. The van der Waals surface area contributed by atoms with Crippen LogP contribution in [0.25, 0.3) is 0 Å². The lowest BCUT2D eigenvalue weighted by Crippen LogP contribution is -2.38. The monoisotopic (exact) mass is 345 g/mol. The number of benzene rings is 1. The molecule has 112 valence electrons. The summed E-state index contributed by atoms with van der Waals surface area (Å²) in [6.07, 6.45) is 0.907. The van der Waals surface area contributed by atoms with Crippen molar-refractivity contribution in [3.8, 4) is 0 Å². The van der Waals surface area contributed by atoms with E-state index in [1.54, 1.807) is 13.2 Å². The number of hydrogen-bond donors (Lipinski definition) is 2. The number of nitrogens with one attached hydrogen (secondary N) is 2. The number of halogens is 2. The Hall–Kier alpha value is -1.14. The van der Waals surface area contributed by atoms with Gasteiger partial charge in [0.2, 0.25) is 0 Å². The molecule has 1 rings (SSSR count). The Morgan fingerprint density at radius 1 is 1.40 bits per heavy atom. The molecule has 0 aliphatic heterocycles. The topological polar surface area (TPSA) is 45.7 Å². The van der Waals surface area contributed by atoms with Gasteiger partial charge in [-0.05, 0) is 37.1 Å². The van der Waals surface area contributed by atoms with E-state index in [4.69, 9.17) is 4.74 Å². The van der Waals surface area contributed by atoms with Crippen molar-refractivity contribution in [3.05, 3.63) is 34.1 Å². The maximum atomic E-state index is 13.2. The second-order valence-electron chi connectivity index (χ2n) is 4.20. The Bertz CT molecular complexity index is 440. The van der Waals surface area contributed by atoms with Crippen molar-refractivity contribution >= 4 is 21.9 Å². The molecule has 1 aromatic rings. The van der Waals surface area contributed by atoms with Gasteiger partial charge >= 0.3 is 0 Å². The smallest absolute Gasteiger partial charge is 0.191 e. The molecule has 0 saturated carbocycles. The van der Waals surface area contributed by atoms with E-state index in [2.05, 4.69) is 31.6 Å². The first-order chi connectivity index (χ1) is 9.67. The quantitative estimate of drug-likeness (QED) is 0.453. The summed E-state index contributed by atoms with van der Waals surface area (Å²) in [5, 5.41) is 6.36. The number of aliphatic imine (C=N–C) groups is 1. The average Bonchev–Trinajstić information content (AvgIpc) is 2.44. The third-order valence-corrected chi connectivity index (χ3v) is 3.35. The van der Waals surface area contributed by atoms with Gasteiger partial charge < -0.3 is 15.4 Å². The Labute approximate surface area is 127 Å². The van der Waals surface area contributed by atoms with Crippen LogP contribution in [0.5, 0.6) is 0 Å². The SMILES string of the molecule is CCNC(=NCc1cc(F)ccc1Br)NCCCOC. The Morgan fingerprint density at radius 3 is 2.90 bits per heavy atom. The molecule has 20 heavy (non-hydrogen) atoms. The number of rotatable bonds is 7. The first-order valence-corrected chi connectivity index (χ1v) is 7.41. The zero-order valence-electron chi connectivity index (χ0n) is 11.9. The molecular weight excluding hydrogens is 325 g/mol. The lowest BCUT2D eigenvalue weighted by molar-refractivity contribution is 0.195. The van der Waals surface area contributed by atoms with Gasteiger partial charge in [0.15, 0.2) is 5.96 Å². The van der Waals surface area contributed by atoms with Crippen LogP contribution in [0.4, 0.5) is 4.39 Å². The summed E-state index contributed by atoms with van der Waals surface area (Å²) in [6, 6.07) is 4.60. The van der Waals surface area contributed by atoms with E-state index in [1.807, 2.05) is 6.92 Å². The van der Waals surface area contributed by atoms with Crippen LogP contribution < -0.4 is 10.6 Å². The molecule has 0 aliphatic rings. The fourth-order valence-corrected chi connectivity index (χ4v) is 1.97. The van der Waals surface area contributed by atoms with E-state index in [-0.39, 0.29) is 5.82 Å². The largest absolute Gasteiger partial charge is 0.385 e. The van der Waals surface area contributed by atoms with Crippen molar-refractivity contribution in [1.82, 2.24) is 10.6 Å². The highest BCUT2D eigenvalue weighted by Gasteiger charge is 2.02. The minimum atomic E-state index is -0.253. The standard InChI is InChI=1S/C14H21BrFN3O/c1-3-17-14(18-7-4-8-20-2)19-10-11-9-12(16)5-6-13(11)15/h5-6,9H,3-4,7-8,10H2,1-2H3,(H2,17,18,19). The van der Waals surface area contributed by atoms with Crippen LogP contribution in [0.15, 0.2) is 27.7 Å². The van der Waals surface area contributed by atoms with E-state index in [0.29, 0.717) is 13.2 Å². The van der Waals surface area contributed by atoms with Gasteiger partial charge in [-0.2, -0.15) is 0 Å². The third-order valence-electron chi connectivity index (χ3n) is 2.58. The van der Waals surface area contributed by atoms with Crippen molar-refractivity contribution in [2.45, 2.75) is 19.9 Å². The molecule has 0 heterocycles. The summed E-state index contributed by atoms with van der Waals surface area (Å²) in [5.74, 6) is 0.469. The van der Waals surface area contributed by atoms with Crippen molar-refractivity contribution in [2.24, 2.45) is 4.99 Å². The normalized spacial score (nSPS) is 11.5. The molecule has 0 aromatic heterocycles. The fourth-order valence-electron chi connectivity index (χ4n) is 1.59. The first-order valence-electron chi connectivity index (χ1n) is 6.62. The third kappa shape index (κ3) is 6.34. The van der Waals surface area contributed by atoms with Crippen molar-refractivity contribution in [1.29, 1.82) is 0 Å². The Morgan fingerprint density at radius 2 is 2.20 bits per heavy atom. The number of hydrogen-bond acceptors (Lipinski definition) is 2. The summed E-state index contributed by atoms with van der Waals surface area (Å²) in [4.78, 5) is 4.44. The summed E-state index contributed by atoms with van der Waals surface area (Å²) in [5.41, 5.74) is 0.819. The number of nitrogens with zero attached hydrogens (tertiary/aromatic N) is 1. The Balaban J connectivity index is 2.59. The van der Waals surface area contributed by atoms with Gasteiger partial charge in [0, 0.05) is 31.3 Å². The van der Waals surface area contributed by atoms with Gasteiger partial charge in [-0.3, -0.25) is 0 Å². The minimum absolute atomic E-state index is 0.253. The zero-order valence-corrected chi connectivity index (χ0v) is 13.5. The second kappa shape index (κ2) is 9.72. The minimum Gasteiger partial charge on any atom is -0.385 e. The van der Waals surface area contributed by atoms with Crippen molar-refractivity contribution in [2.75, 3.05) is 26.8 Å². The van der Waals surface area contributed by atoms with Crippen LogP contribution in [0, 0.1) is 5.82 Å². The van der Waals surface area contributed by atoms with Gasteiger partial charge in [0.05, 0.1) is 6.54 Å². The summed E-state index contributed by atoms with van der Waals surface area (Å²) >= 11 is 3.40. The highest BCUT2D eigenvalue weighted by molar-refractivity contribution is 9.10. The van der Waals surface area contributed by atoms with Gasteiger partial charge in [-0.25, -0.2) is 9.38 Å². The maximum absolute atomic E-state index is 13.2. The van der Waals surface area contributed by atoms with Crippen LogP contribution in [0.1, 0.15) is 18.9 Å². The van der Waals surface area contributed by atoms with Crippen LogP contribution in [0.3, 0.4) is 0 Å².